The van der Waals surface area contributed by atoms with Crippen LogP contribution in [0.2, 0.25) is 0 Å². The lowest BCUT2D eigenvalue weighted by Crippen LogP contribution is -2.18. The summed E-state index contributed by atoms with van der Waals surface area (Å²) >= 11 is 0. The Morgan fingerprint density at radius 1 is 1.31 bits per heavy atom. The topological polar surface area (TPSA) is 20.3 Å². The van der Waals surface area contributed by atoms with Gasteiger partial charge < -0.3 is 4.90 Å². The smallest absolute Gasteiger partial charge is 0.160 e. The van der Waals surface area contributed by atoms with Crippen molar-refractivity contribution in [3.63, 3.8) is 0 Å². The summed E-state index contributed by atoms with van der Waals surface area (Å²) in [4.78, 5) is 13.8. The van der Waals surface area contributed by atoms with Crippen LogP contribution in [-0.2, 0) is 4.79 Å². The molecule has 2 heteroatoms. The second kappa shape index (κ2) is 3.36. The number of nitrogens with zero attached hydrogens (tertiary/aromatic N) is 1. The first kappa shape index (κ1) is 8.54. The average Bonchev–Trinajstić information content (AvgIpc) is 2.30. The number of hydrogen-bond donors (Lipinski definition) is 0. The predicted octanol–water partition coefficient (Wildman–Crippen LogP) is 2.23. The standard InChI is InChI=1S/C11H15NO/c1-12-8-4-5-9-10(12)6-2-3-7-11(9)13/h4,8H,2-3,5-7H2,1H3. The number of allylic oxidation sites excluding steroid dienone is 3. The molecule has 0 aromatic heterocycles. The van der Waals surface area contributed by atoms with Crippen molar-refractivity contribution in [3.05, 3.63) is 23.5 Å². The summed E-state index contributed by atoms with van der Waals surface area (Å²) in [6.45, 7) is 0. The zero-order valence-corrected chi connectivity index (χ0v) is 8.05. The summed E-state index contributed by atoms with van der Waals surface area (Å²) in [6, 6.07) is 0. The van der Waals surface area contributed by atoms with Crippen LogP contribution < -0.4 is 0 Å². The Kier molecular flexibility index (Phi) is 2.21. The third-order valence-electron chi connectivity index (χ3n) is 2.83. The van der Waals surface area contributed by atoms with Gasteiger partial charge in [0.1, 0.15) is 0 Å². The molecule has 70 valence electrons. The summed E-state index contributed by atoms with van der Waals surface area (Å²) in [6.07, 6.45) is 9.02. The fourth-order valence-corrected chi connectivity index (χ4v) is 2.08. The van der Waals surface area contributed by atoms with Crippen LogP contribution in [0.25, 0.3) is 0 Å². The van der Waals surface area contributed by atoms with Crippen LogP contribution >= 0.6 is 0 Å². The number of ketones is 1. The number of rotatable bonds is 0. The van der Waals surface area contributed by atoms with Crippen LogP contribution in [0.3, 0.4) is 0 Å². The highest BCUT2D eigenvalue weighted by Crippen LogP contribution is 2.28. The summed E-state index contributed by atoms with van der Waals surface area (Å²) in [5.41, 5.74) is 2.31. The van der Waals surface area contributed by atoms with Crippen molar-refractivity contribution in [2.75, 3.05) is 7.05 Å². The second-order valence-electron chi connectivity index (χ2n) is 3.76. The van der Waals surface area contributed by atoms with Gasteiger partial charge >= 0.3 is 0 Å². The molecule has 0 saturated carbocycles. The lowest BCUT2D eigenvalue weighted by atomic mass is 10.0. The summed E-state index contributed by atoms with van der Waals surface area (Å²) in [7, 11) is 2.03. The van der Waals surface area contributed by atoms with E-state index in [0.717, 1.165) is 37.7 Å². The minimum absolute atomic E-state index is 0.365. The van der Waals surface area contributed by atoms with E-state index in [4.69, 9.17) is 0 Å². The van der Waals surface area contributed by atoms with E-state index in [0.29, 0.717) is 5.78 Å². The molecule has 2 aliphatic rings. The molecule has 0 atom stereocenters. The maximum absolute atomic E-state index is 11.7. The van der Waals surface area contributed by atoms with Crippen molar-refractivity contribution >= 4 is 5.78 Å². The van der Waals surface area contributed by atoms with Gasteiger partial charge in [-0.1, -0.05) is 6.08 Å². The lowest BCUT2D eigenvalue weighted by molar-refractivity contribution is -0.115. The van der Waals surface area contributed by atoms with Gasteiger partial charge in [-0.2, -0.15) is 0 Å². The normalized spacial score (nSPS) is 23.2. The van der Waals surface area contributed by atoms with E-state index in [9.17, 15) is 4.79 Å². The molecule has 2 nitrogen and oxygen atoms in total. The molecule has 1 heterocycles. The van der Waals surface area contributed by atoms with E-state index in [-0.39, 0.29) is 0 Å². The van der Waals surface area contributed by atoms with Gasteiger partial charge in [0.2, 0.25) is 0 Å². The van der Waals surface area contributed by atoms with Gasteiger partial charge in [0.05, 0.1) is 0 Å². The zero-order valence-electron chi connectivity index (χ0n) is 8.05. The van der Waals surface area contributed by atoms with Crippen LogP contribution in [0.1, 0.15) is 32.1 Å². The first-order chi connectivity index (χ1) is 6.29. The fourth-order valence-electron chi connectivity index (χ4n) is 2.08. The molecule has 0 bridgehead atoms. The monoisotopic (exact) mass is 177 g/mol. The van der Waals surface area contributed by atoms with Crippen LogP contribution in [0.5, 0.6) is 0 Å². The molecule has 0 amide bonds. The molecule has 0 unspecified atom stereocenters. The molecule has 0 spiro atoms. The van der Waals surface area contributed by atoms with Crippen LogP contribution in [0, 0.1) is 0 Å². The average molecular weight is 177 g/mol. The van der Waals surface area contributed by atoms with Gasteiger partial charge in [0.25, 0.3) is 0 Å². The largest absolute Gasteiger partial charge is 0.354 e. The van der Waals surface area contributed by atoms with Crippen molar-refractivity contribution in [2.45, 2.75) is 32.1 Å². The van der Waals surface area contributed by atoms with Crippen LogP contribution in [-0.4, -0.2) is 17.7 Å². The first-order valence-electron chi connectivity index (χ1n) is 4.94. The lowest BCUT2D eigenvalue weighted by Gasteiger charge is -2.24. The molecule has 0 fully saturated rings. The molecule has 1 aliphatic carbocycles. The van der Waals surface area contributed by atoms with Gasteiger partial charge in [-0.15, -0.1) is 0 Å². The predicted molar refractivity (Wildman–Crippen MR) is 52.0 cm³/mol. The molecule has 0 saturated heterocycles. The van der Waals surface area contributed by atoms with Gasteiger partial charge in [-0.05, 0) is 31.9 Å². The summed E-state index contributed by atoms with van der Waals surface area (Å²) in [5.74, 6) is 0.365. The Bertz CT molecular complexity index is 288. The number of hydrogen-bond acceptors (Lipinski definition) is 2. The van der Waals surface area contributed by atoms with Crippen LogP contribution in [0.4, 0.5) is 0 Å². The van der Waals surface area contributed by atoms with E-state index in [1.807, 2.05) is 7.05 Å². The Hall–Kier alpha value is -1.05. The second-order valence-corrected chi connectivity index (χ2v) is 3.76. The molecular formula is C11H15NO. The van der Waals surface area contributed by atoms with E-state index >= 15 is 0 Å². The molecule has 2 rings (SSSR count). The summed E-state index contributed by atoms with van der Waals surface area (Å²) in [5, 5.41) is 0. The first-order valence-corrected chi connectivity index (χ1v) is 4.94. The van der Waals surface area contributed by atoms with Gasteiger partial charge in [-0.3, -0.25) is 4.79 Å². The fraction of sp³-hybridized carbons (Fsp3) is 0.545. The van der Waals surface area contributed by atoms with Crippen molar-refractivity contribution < 1.29 is 4.79 Å². The van der Waals surface area contributed by atoms with Gasteiger partial charge in [0.15, 0.2) is 5.78 Å². The molecule has 0 aromatic carbocycles. The van der Waals surface area contributed by atoms with Crippen LogP contribution in [0.15, 0.2) is 23.5 Å². The quantitative estimate of drug-likeness (QED) is 0.565. The van der Waals surface area contributed by atoms with Gasteiger partial charge in [-0.25, -0.2) is 0 Å². The maximum Gasteiger partial charge on any atom is 0.160 e. The van der Waals surface area contributed by atoms with Crippen molar-refractivity contribution in [1.29, 1.82) is 0 Å². The third kappa shape index (κ3) is 1.53. The molecule has 0 aromatic rings. The van der Waals surface area contributed by atoms with Crippen molar-refractivity contribution in [2.24, 2.45) is 0 Å². The van der Waals surface area contributed by atoms with E-state index in [1.165, 1.54) is 5.70 Å². The highest BCUT2D eigenvalue weighted by Gasteiger charge is 2.21. The highest BCUT2D eigenvalue weighted by molar-refractivity contribution is 5.96. The Morgan fingerprint density at radius 3 is 2.92 bits per heavy atom. The van der Waals surface area contributed by atoms with E-state index in [1.54, 1.807) is 0 Å². The minimum Gasteiger partial charge on any atom is -0.354 e. The maximum atomic E-state index is 11.7. The SMILES string of the molecule is CN1C=CCC2=C1CCCCC2=O. The number of Topliss-reactive ketones (excluding diaryl/α,β-unsaturated/α-hetero) is 1. The molecule has 0 N–H and O–H groups in total. The van der Waals surface area contributed by atoms with E-state index < -0.39 is 0 Å². The van der Waals surface area contributed by atoms with Crippen molar-refractivity contribution in [3.8, 4) is 0 Å². The van der Waals surface area contributed by atoms with E-state index in [2.05, 4.69) is 17.2 Å². The molecular weight excluding hydrogens is 162 g/mol. The van der Waals surface area contributed by atoms with Gasteiger partial charge in [0, 0.05) is 24.7 Å². The Balaban J connectivity index is 2.32. The molecule has 1 aliphatic heterocycles. The highest BCUT2D eigenvalue weighted by atomic mass is 16.1. The minimum atomic E-state index is 0.365. The number of carbonyl (C=O) groups excluding carboxylic acids is 1. The Morgan fingerprint density at radius 2 is 2.08 bits per heavy atom. The third-order valence-corrected chi connectivity index (χ3v) is 2.83. The molecule has 0 radical (unpaired) electrons. The summed E-state index contributed by atoms with van der Waals surface area (Å²) < 4.78 is 0. The van der Waals surface area contributed by atoms with Crippen molar-refractivity contribution in [1.82, 2.24) is 4.90 Å². The number of carbonyl (C=O) groups is 1. The zero-order chi connectivity index (χ0) is 9.26. The molecule has 13 heavy (non-hydrogen) atoms. The Labute approximate surface area is 78.9 Å².